The Bertz CT molecular complexity index is 462. The van der Waals surface area contributed by atoms with Gasteiger partial charge in [-0.15, -0.1) is 0 Å². The van der Waals surface area contributed by atoms with Crippen molar-refractivity contribution in [1.82, 2.24) is 9.80 Å². The fourth-order valence-electron chi connectivity index (χ4n) is 5.91. The molecule has 0 unspecified atom stereocenters. The Kier molecular flexibility index (Phi) is 30.6. The maximum Gasteiger partial charge on any atom is 0.350 e. The van der Waals surface area contributed by atoms with Crippen LogP contribution in [-0.4, -0.2) is 59.6 Å². The molecule has 0 aromatic rings. The first kappa shape index (κ1) is 39.3. The van der Waals surface area contributed by atoms with E-state index in [1.807, 2.05) is 0 Å². The van der Waals surface area contributed by atoms with E-state index >= 15 is 0 Å². The molecule has 0 atom stereocenters. The highest BCUT2D eigenvalue weighted by Crippen LogP contribution is 2.14. The standard InChI is InChI=1S/C37H78N3/c1-7-13-19-25-31-38(32-26-20-14-8-2)37(39(33-27-21-15-9-3)34-28-22-16-10-4)40(35-29-23-17-11-5)36-30-24-18-12-6/h7-36H2,1-6H3/q+1. The average Bonchev–Trinajstić information content (AvgIpc) is 2.96. The van der Waals surface area contributed by atoms with E-state index in [0.29, 0.717) is 0 Å². The Labute approximate surface area is 255 Å². The summed E-state index contributed by atoms with van der Waals surface area (Å²) in [6.07, 6.45) is 32.7. The second-order valence-electron chi connectivity index (χ2n) is 12.6. The van der Waals surface area contributed by atoms with Gasteiger partial charge in [-0.25, -0.2) is 0 Å². The van der Waals surface area contributed by atoms with Crippen molar-refractivity contribution < 1.29 is 4.58 Å². The van der Waals surface area contributed by atoms with Gasteiger partial charge >= 0.3 is 5.96 Å². The molecule has 0 aromatic heterocycles. The monoisotopic (exact) mass is 565 g/mol. The summed E-state index contributed by atoms with van der Waals surface area (Å²) >= 11 is 0. The molecule has 0 bridgehead atoms. The lowest BCUT2D eigenvalue weighted by atomic mass is 10.1. The van der Waals surface area contributed by atoms with Crippen molar-refractivity contribution in [3.05, 3.63) is 0 Å². The van der Waals surface area contributed by atoms with Gasteiger partial charge < -0.3 is 0 Å². The summed E-state index contributed by atoms with van der Waals surface area (Å²) in [4.78, 5) is 5.81. The lowest BCUT2D eigenvalue weighted by Gasteiger charge is -2.32. The summed E-state index contributed by atoms with van der Waals surface area (Å²) in [7, 11) is 0. The smallest absolute Gasteiger partial charge is 0.265 e. The first-order valence-electron chi connectivity index (χ1n) is 18.8. The zero-order valence-electron chi connectivity index (χ0n) is 29.1. The van der Waals surface area contributed by atoms with Gasteiger partial charge in [-0.1, -0.05) is 157 Å². The number of hydrogen-bond donors (Lipinski definition) is 0. The molecule has 0 aromatic carbocycles. The minimum absolute atomic E-state index is 1.25. The normalized spacial score (nSPS) is 11.2. The quantitative estimate of drug-likeness (QED) is 0.0371. The summed E-state index contributed by atoms with van der Waals surface area (Å²) in [5.74, 6) is 1.65. The van der Waals surface area contributed by atoms with Gasteiger partial charge in [0.15, 0.2) is 0 Å². The van der Waals surface area contributed by atoms with Crippen LogP contribution in [0, 0.1) is 0 Å². The van der Waals surface area contributed by atoms with Crippen molar-refractivity contribution in [3.63, 3.8) is 0 Å². The van der Waals surface area contributed by atoms with Gasteiger partial charge in [0, 0.05) is 0 Å². The molecule has 0 saturated carbocycles. The highest BCUT2D eigenvalue weighted by molar-refractivity contribution is 5.75. The minimum atomic E-state index is 1.25. The highest BCUT2D eigenvalue weighted by atomic mass is 15.4. The molecule has 3 heteroatoms. The molecule has 40 heavy (non-hydrogen) atoms. The maximum atomic E-state index is 2.91. The number of guanidine groups is 1. The van der Waals surface area contributed by atoms with Gasteiger partial charge in [-0.2, -0.15) is 0 Å². The van der Waals surface area contributed by atoms with Crippen LogP contribution < -0.4 is 0 Å². The van der Waals surface area contributed by atoms with Crippen LogP contribution in [0.2, 0.25) is 0 Å². The van der Waals surface area contributed by atoms with E-state index in [1.54, 1.807) is 5.96 Å². The summed E-state index contributed by atoms with van der Waals surface area (Å²) in [6.45, 7) is 21.6. The molecule has 0 N–H and O–H groups in total. The zero-order valence-corrected chi connectivity index (χ0v) is 29.1. The summed E-state index contributed by atoms with van der Waals surface area (Å²) in [6, 6.07) is 0. The summed E-state index contributed by atoms with van der Waals surface area (Å²) in [5, 5.41) is 0. The third-order valence-corrected chi connectivity index (χ3v) is 8.54. The van der Waals surface area contributed by atoms with Crippen molar-refractivity contribution in [2.75, 3.05) is 39.3 Å². The lowest BCUT2D eigenvalue weighted by molar-refractivity contribution is -0.539. The van der Waals surface area contributed by atoms with Crippen LogP contribution in [0.4, 0.5) is 0 Å². The third-order valence-electron chi connectivity index (χ3n) is 8.54. The van der Waals surface area contributed by atoms with Gasteiger partial charge in [-0.05, 0) is 38.5 Å². The molecular weight excluding hydrogens is 486 g/mol. The van der Waals surface area contributed by atoms with E-state index in [1.165, 1.54) is 193 Å². The van der Waals surface area contributed by atoms with Crippen LogP contribution in [0.15, 0.2) is 0 Å². The molecule has 0 radical (unpaired) electrons. The van der Waals surface area contributed by atoms with Crippen molar-refractivity contribution >= 4 is 5.96 Å². The summed E-state index contributed by atoms with van der Waals surface area (Å²) < 4.78 is 2.91. The average molecular weight is 565 g/mol. The van der Waals surface area contributed by atoms with Gasteiger partial charge in [0.1, 0.15) is 0 Å². The van der Waals surface area contributed by atoms with E-state index in [0.717, 1.165) is 0 Å². The number of rotatable bonds is 30. The Morgan fingerprint density at radius 1 is 0.325 bits per heavy atom. The van der Waals surface area contributed by atoms with Crippen molar-refractivity contribution in [2.45, 2.75) is 196 Å². The topological polar surface area (TPSA) is 9.49 Å². The molecular formula is C37H78N3+. The van der Waals surface area contributed by atoms with Gasteiger partial charge in [-0.3, -0.25) is 14.4 Å². The van der Waals surface area contributed by atoms with Crippen molar-refractivity contribution in [1.29, 1.82) is 0 Å². The molecule has 0 aliphatic heterocycles. The molecule has 3 nitrogen and oxygen atoms in total. The predicted octanol–water partition coefficient (Wildman–Crippen LogP) is 11.4. The Balaban J connectivity index is 6.32. The van der Waals surface area contributed by atoms with Crippen LogP contribution >= 0.6 is 0 Å². The zero-order chi connectivity index (χ0) is 29.5. The first-order valence-corrected chi connectivity index (χ1v) is 18.8. The van der Waals surface area contributed by atoms with Crippen LogP contribution in [0.25, 0.3) is 0 Å². The van der Waals surface area contributed by atoms with E-state index in [9.17, 15) is 0 Å². The fourth-order valence-corrected chi connectivity index (χ4v) is 5.91. The lowest BCUT2D eigenvalue weighted by Crippen LogP contribution is -2.51. The molecule has 0 spiro atoms. The number of unbranched alkanes of at least 4 members (excludes halogenated alkanes) is 18. The highest BCUT2D eigenvalue weighted by Gasteiger charge is 2.29. The van der Waals surface area contributed by atoms with Crippen molar-refractivity contribution in [3.8, 4) is 0 Å². The predicted molar refractivity (Wildman–Crippen MR) is 183 cm³/mol. The Morgan fingerprint density at radius 2 is 0.575 bits per heavy atom. The van der Waals surface area contributed by atoms with E-state index < -0.39 is 0 Å². The maximum absolute atomic E-state index is 2.91. The molecule has 0 aliphatic carbocycles. The van der Waals surface area contributed by atoms with Gasteiger partial charge in [0.05, 0.1) is 39.3 Å². The summed E-state index contributed by atoms with van der Waals surface area (Å²) in [5.41, 5.74) is 0. The third kappa shape index (κ3) is 21.9. The second-order valence-corrected chi connectivity index (χ2v) is 12.6. The van der Waals surface area contributed by atoms with Crippen LogP contribution in [0.3, 0.4) is 0 Å². The molecule has 0 rings (SSSR count). The second kappa shape index (κ2) is 31.2. The van der Waals surface area contributed by atoms with Gasteiger partial charge in [0.2, 0.25) is 0 Å². The minimum Gasteiger partial charge on any atom is -0.265 e. The van der Waals surface area contributed by atoms with E-state index in [-0.39, 0.29) is 0 Å². The van der Waals surface area contributed by atoms with E-state index in [4.69, 9.17) is 0 Å². The molecule has 0 fully saturated rings. The molecule has 0 saturated heterocycles. The number of hydrogen-bond acceptors (Lipinski definition) is 0. The van der Waals surface area contributed by atoms with Crippen molar-refractivity contribution in [2.24, 2.45) is 0 Å². The molecule has 0 heterocycles. The van der Waals surface area contributed by atoms with Crippen LogP contribution in [-0.2, 0) is 0 Å². The Morgan fingerprint density at radius 3 is 0.825 bits per heavy atom. The molecule has 0 aliphatic rings. The van der Waals surface area contributed by atoms with Crippen LogP contribution in [0.1, 0.15) is 196 Å². The molecule has 240 valence electrons. The SMILES string of the molecule is CCCCCCN(CCCCCC)C(N(CCCCCC)CCCCCC)=[N+](CCCCCC)CCCCCC. The molecule has 0 amide bonds. The Hall–Kier alpha value is -0.730. The largest absolute Gasteiger partial charge is 0.350 e. The number of nitrogens with zero attached hydrogens (tertiary/aromatic N) is 3. The van der Waals surface area contributed by atoms with Crippen LogP contribution in [0.5, 0.6) is 0 Å². The fraction of sp³-hybridized carbons (Fsp3) is 0.973. The van der Waals surface area contributed by atoms with Gasteiger partial charge in [0.25, 0.3) is 0 Å². The van der Waals surface area contributed by atoms with E-state index in [2.05, 4.69) is 55.9 Å². The first-order chi connectivity index (χ1) is 19.7.